The van der Waals surface area contributed by atoms with E-state index < -0.39 is 33.4 Å². The Morgan fingerprint density at radius 2 is 1.53 bits per heavy atom. The molecular weight excluding hydrogens is 430 g/mol. The molecule has 1 heterocycles. The third-order valence-electron chi connectivity index (χ3n) is 4.04. The Kier molecular flexibility index (Phi) is 7.74. The second-order valence-electron chi connectivity index (χ2n) is 6.32. The van der Waals surface area contributed by atoms with E-state index >= 15 is 0 Å². The number of rotatable bonds is 8. The molecule has 8 nitrogen and oxygen atoms in total. The summed E-state index contributed by atoms with van der Waals surface area (Å²) in [6, 6.07) is 6.13. The van der Waals surface area contributed by atoms with Crippen LogP contribution in [0.15, 0.2) is 29.2 Å². The SMILES string of the molecule is CCOC(=O)c1sc(NC(=O)CS(=O)(=O)c2ccc(C)cc2)c(C(=O)OCC)c1C. The van der Waals surface area contributed by atoms with Gasteiger partial charge in [-0.2, -0.15) is 0 Å². The minimum absolute atomic E-state index is 0.00554. The number of ether oxygens (including phenoxy) is 2. The monoisotopic (exact) mass is 453 g/mol. The Balaban J connectivity index is 2.32. The molecule has 30 heavy (non-hydrogen) atoms. The molecule has 0 aliphatic carbocycles. The second kappa shape index (κ2) is 9.86. The van der Waals surface area contributed by atoms with Crippen LogP contribution in [0.4, 0.5) is 5.00 Å². The summed E-state index contributed by atoms with van der Waals surface area (Å²) < 4.78 is 35.0. The molecule has 1 amide bonds. The minimum Gasteiger partial charge on any atom is -0.462 e. The topological polar surface area (TPSA) is 116 Å². The van der Waals surface area contributed by atoms with Crippen molar-refractivity contribution >= 4 is 44.0 Å². The zero-order valence-electron chi connectivity index (χ0n) is 17.1. The van der Waals surface area contributed by atoms with E-state index in [9.17, 15) is 22.8 Å². The number of carbonyl (C=O) groups excluding carboxylic acids is 3. The highest BCUT2D eigenvalue weighted by molar-refractivity contribution is 7.92. The van der Waals surface area contributed by atoms with Crippen molar-refractivity contribution in [3.8, 4) is 0 Å². The van der Waals surface area contributed by atoms with Gasteiger partial charge in [0.2, 0.25) is 5.91 Å². The Labute approximate surface area is 179 Å². The predicted octanol–water partition coefficient (Wildman–Crippen LogP) is 3.13. The van der Waals surface area contributed by atoms with Gasteiger partial charge in [-0.1, -0.05) is 17.7 Å². The number of benzene rings is 1. The van der Waals surface area contributed by atoms with Gasteiger partial charge >= 0.3 is 11.9 Å². The molecule has 2 aromatic rings. The smallest absolute Gasteiger partial charge is 0.348 e. The largest absolute Gasteiger partial charge is 0.462 e. The van der Waals surface area contributed by atoms with E-state index in [4.69, 9.17) is 9.47 Å². The molecule has 162 valence electrons. The van der Waals surface area contributed by atoms with Gasteiger partial charge in [-0.25, -0.2) is 18.0 Å². The van der Waals surface area contributed by atoms with Crippen LogP contribution in [0.25, 0.3) is 0 Å². The number of thiophene rings is 1. The Hall–Kier alpha value is -2.72. The van der Waals surface area contributed by atoms with Crippen LogP contribution in [0.1, 0.15) is 45.0 Å². The van der Waals surface area contributed by atoms with E-state index in [-0.39, 0.29) is 33.6 Å². The van der Waals surface area contributed by atoms with Crippen molar-refractivity contribution in [1.29, 1.82) is 0 Å². The lowest BCUT2D eigenvalue weighted by Crippen LogP contribution is -2.23. The molecule has 0 unspecified atom stereocenters. The first-order valence-electron chi connectivity index (χ1n) is 9.17. The molecule has 10 heteroatoms. The molecule has 2 rings (SSSR count). The van der Waals surface area contributed by atoms with Gasteiger partial charge in [-0.15, -0.1) is 11.3 Å². The standard InChI is InChI=1S/C20H23NO7S2/c1-5-27-19(23)16-13(4)17(20(24)28-6-2)29-18(16)21-15(22)11-30(25,26)14-9-7-12(3)8-10-14/h7-10H,5-6,11H2,1-4H3,(H,21,22). The van der Waals surface area contributed by atoms with Gasteiger partial charge in [-0.05, 0) is 45.4 Å². The lowest BCUT2D eigenvalue weighted by atomic mass is 10.1. The molecule has 1 aromatic carbocycles. The summed E-state index contributed by atoms with van der Waals surface area (Å²) in [5.41, 5.74) is 1.19. The highest BCUT2D eigenvalue weighted by atomic mass is 32.2. The molecule has 0 spiro atoms. The van der Waals surface area contributed by atoms with Gasteiger partial charge in [0, 0.05) is 0 Å². The summed E-state index contributed by atoms with van der Waals surface area (Å²) >= 11 is 0.838. The fraction of sp³-hybridized carbons (Fsp3) is 0.350. The molecule has 1 N–H and O–H groups in total. The molecular formula is C20H23NO7S2. The maximum absolute atomic E-state index is 12.5. The highest BCUT2D eigenvalue weighted by Gasteiger charge is 2.28. The molecule has 0 atom stereocenters. The van der Waals surface area contributed by atoms with Crippen LogP contribution in [-0.2, 0) is 24.1 Å². The van der Waals surface area contributed by atoms with Gasteiger partial charge < -0.3 is 14.8 Å². The third-order valence-corrected chi connectivity index (χ3v) is 6.86. The molecule has 0 saturated heterocycles. The summed E-state index contributed by atoms with van der Waals surface area (Å²) in [5, 5.41) is 2.48. The summed E-state index contributed by atoms with van der Waals surface area (Å²) in [6.45, 7) is 6.86. The summed E-state index contributed by atoms with van der Waals surface area (Å²) in [5.74, 6) is -3.01. The number of nitrogens with one attached hydrogen (secondary N) is 1. The first kappa shape index (κ1) is 23.6. The number of esters is 2. The third kappa shape index (κ3) is 5.45. The number of sulfone groups is 1. The molecule has 0 aliphatic rings. The fourth-order valence-electron chi connectivity index (χ4n) is 2.61. The minimum atomic E-state index is -3.88. The van der Waals surface area contributed by atoms with Crippen LogP contribution in [0.2, 0.25) is 0 Å². The van der Waals surface area contributed by atoms with Crippen molar-refractivity contribution in [1.82, 2.24) is 0 Å². The van der Waals surface area contributed by atoms with Crippen molar-refractivity contribution in [2.45, 2.75) is 32.6 Å². The molecule has 1 aromatic heterocycles. The molecule has 0 radical (unpaired) electrons. The van der Waals surface area contributed by atoms with E-state index in [1.807, 2.05) is 6.92 Å². The Morgan fingerprint density at radius 1 is 0.967 bits per heavy atom. The normalized spacial score (nSPS) is 11.1. The fourth-order valence-corrected chi connectivity index (χ4v) is 4.85. The quantitative estimate of drug-likeness (QED) is 0.611. The Bertz CT molecular complexity index is 1050. The van der Waals surface area contributed by atoms with E-state index in [1.54, 1.807) is 26.0 Å². The first-order valence-corrected chi connectivity index (χ1v) is 11.6. The molecule has 0 bridgehead atoms. The van der Waals surface area contributed by atoms with Crippen molar-refractivity contribution in [2.24, 2.45) is 0 Å². The maximum Gasteiger partial charge on any atom is 0.348 e. The van der Waals surface area contributed by atoms with Crippen LogP contribution in [0.3, 0.4) is 0 Å². The van der Waals surface area contributed by atoms with E-state index in [1.165, 1.54) is 19.1 Å². The zero-order valence-corrected chi connectivity index (χ0v) is 18.7. The zero-order chi connectivity index (χ0) is 22.5. The summed E-state index contributed by atoms with van der Waals surface area (Å²) in [6.07, 6.45) is 0. The average Bonchev–Trinajstić information content (AvgIpc) is 2.98. The first-order chi connectivity index (χ1) is 14.1. The van der Waals surface area contributed by atoms with Gasteiger partial charge in [0.1, 0.15) is 15.6 Å². The number of aryl methyl sites for hydroxylation is 1. The van der Waals surface area contributed by atoms with Gasteiger partial charge in [0.25, 0.3) is 0 Å². The molecule has 0 aliphatic heterocycles. The number of carbonyl (C=O) groups is 3. The maximum atomic E-state index is 12.5. The predicted molar refractivity (Wildman–Crippen MR) is 113 cm³/mol. The number of hydrogen-bond donors (Lipinski definition) is 1. The lowest BCUT2D eigenvalue weighted by Gasteiger charge is -2.08. The van der Waals surface area contributed by atoms with Crippen molar-refractivity contribution in [3.63, 3.8) is 0 Å². The van der Waals surface area contributed by atoms with Crippen molar-refractivity contribution < 1.29 is 32.3 Å². The van der Waals surface area contributed by atoms with Crippen LogP contribution in [-0.4, -0.2) is 45.2 Å². The lowest BCUT2D eigenvalue weighted by molar-refractivity contribution is -0.113. The van der Waals surface area contributed by atoms with Crippen LogP contribution in [0.5, 0.6) is 0 Å². The van der Waals surface area contributed by atoms with Crippen LogP contribution in [0, 0.1) is 13.8 Å². The number of anilines is 1. The summed E-state index contributed by atoms with van der Waals surface area (Å²) in [4.78, 5) is 37.1. The van der Waals surface area contributed by atoms with Gasteiger partial charge in [0.15, 0.2) is 9.84 Å². The van der Waals surface area contributed by atoms with Gasteiger partial charge in [0.05, 0.1) is 23.7 Å². The number of hydrogen-bond acceptors (Lipinski definition) is 8. The van der Waals surface area contributed by atoms with Crippen LogP contribution < -0.4 is 5.32 Å². The van der Waals surface area contributed by atoms with E-state index in [0.29, 0.717) is 5.56 Å². The van der Waals surface area contributed by atoms with Crippen molar-refractivity contribution in [3.05, 3.63) is 45.8 Å². The van der Waals surface area contributed by atoms with E-state index in [2.05, 4.69) is 5.32 Å². The highest BCUT2D eigenvalue weighted by Crippen LogP contribution is 2.34. The second-order valence-corrected chi connectivity index (χ2v) is 9.33. The van der Waals surface area contributed by atoms with Gasteiger partial charge in [-0.3, -0.25) is 4.79 Å². The molecule has 0 saturated carbocycles. The van der Waals surface area contributed by atoms with E-state index in [0.717, 1.165) is 16.9 Å². The summed E-state index contributed by atoms with van der Waals surface area (Å²) in [7, 11) is -3.88. The average molecular weight is 454 g/mol. The number of amides is 1. The van der Waals surface area contributed by atoms with Crippen molar-refractivity contribution in [2.75, 3.05) is 24.3 Å². The molecule has 0 fully saturated rings. The van der Waals surface area contributed by atoms with Crippen LogP contribution >= 0.6 is 11.3 Å². The Morgan fingerprint density at radius 3 is 2.10 bits per heavy atom.